The molecule has 0 saturated heterocycles. The summed E-state index contributed by atoms with van der Waals surface area (Å²) in [7, 11) is 0. The normalized spacial score (nSPS) is 21.2. The molecule has 1 unspecified atom stereocenters. The van der Waals surface area contributed by atoms with Crippen LogP contribution >= 0.6 is 0 Å². The van der Waals surface area contributed by atoms with E-state index in [1.54, 1.807) is 0 Å². The average molecular weight is 338 g/mol. The van der Waals surface area contributed by atoms with Gasteiger partial charge < -0.3 is 15.7 Å². The SMILES string of the molecule is O=C(CCNC(=O)C1CCCCC1)NC(CCO)C1CCCCC1. The van der Waals surface area contributed by atoms with Crippen LogP contribution < -0.4 is 10.6 Å². The van der Waals surface area contributed by atoms with Crippen molar-refractivity contribution in [3.63, 3.8) is 0 Å². The van der Waals surface area contributed by atoms with Crippen molar-refractivity contribution in [2.45, 2.75) is 83.1 Å². The van der Waals surface area contributed by atoms with Crippen molar-refractivity contribution in [3.05, 3.63) is 0 Å². The third kappa shape index (κ3) is 6.42. The van der Waals surface area contributed by atoms with Gasteiger partial charge in [0.05, 0.1) is 0 Å². The van der Waals surface area contributed by atoms with Crippen LogP contribution in [0.25, 0.3) is 0 Å². The molecule has 2 amide bonds. The van der Waals surface area contributed by atoms with Crippen molar-refractivity contribution in [1.29, 1.82) is 0 Å². The molecule has 2 fully saturated rings. The molecule has 2 aliphatic carbocycles. The van der Waals surface area contributed by atoms with Gasteiger partial charge in [-0.25, -0.2) is 0 Å². The maximum absolute atomic E-state index is 12.2. The van der Waals surface area contributed by atoms with Crippen LogP contribution in [0.2, 0.25) is 0 Å². The molecule has 24 heavy (non-hydrogen) atoms. The molecule has 0 aliphatic heterocycles. The van der Waals surface area contributed by atoms with Gasteiger partial charge in [0.15, 0.2) is 0 Å². The van der Waals surface area contributed by atoms with Gasteiger partial charge >= 0.3 is 0 Å². The highest BCUT2D eigenvalue weighted by molar-refractivity contribution is 5.80. The fourth-order valence-electron chi connectivity index (χ4n) is 4.19. The first-order valence-electron chi connectivity index (χ1n) is 9.88. The van der Waals surface area contributed by atoms with Crippen molar-refractivity contribution in [2.24, 2.45) is 11.8 Å². The molecule has 0 radical (unpaired) electrons. The lowest BCUT2D eigenvalue weighted by Gasteiger charge is -2.30. The summed E-state index contributed by atoms with van der Waals surface area (Å²) in [6.07, 6.45) is 12.5. The van der Waals surface area contributed by atoms with Gasteiger partial charge in [0.1, 0.15) is 0 Å². The molecule has 0 spiro atoms. The second-order valence-electron chi connectivity index (χ2n) is 7.46. The molecule has 3 N–H and O–H groups in total. The third-order valence-electron chi connectivity index (χ3n) is 5.63. The van der Waals surface area contributed by atoms with Gasteiger partial charge in [0.25, 0.3) is 0 Å². The van der Waals surface area contributed by atoms with E-state index in [2.05, 4.69) is 10.6 Å². The van der Waals surface area contributed by atoms with Crippen molar-refractivity contribution < 1.29 is 14.7 Å². The molecule has 1 atom stereocenters. The monoisotopic (exact) mass is 338 g/mol. The number of aliphatic hydroxyl groups is 1. The molecule has 2 saturated carbocycles. The zero-order valence-corrected chi connectivity index (χ0v) is 14.9. The summed E-state index contributed by atoms with van der Waals surface area (Å²) < 4.78 is 0. The number of nitrogens with one attached hydrogen (secondary N) is 2. The third-order valence-corrected chi connectivity index (χ3v) is 5.63. The molecule has 0 aromatic heterocycles. The molecule has 5 nitrogen and oxygen atoms in total. The molecule has 2 rings (SSSR count). The Balaban J connectivity index is 1.67. The van der Waals surface area contributed by atoms with Crippen LogP contribution in [0.15, 0.2) is 0 Å². The first kappa shape index (κ1) is 19.2. The van der Waals surface area contributed by atoms with Crippen LogP contribution in [0, 0.1) is 11.8 Å². The molecule has 0 aromatic carbocycles. The predicted octanol–water partition coefficient (Wildman–Crippen LogP) is 2.52. The van der Waals surface area contributed by atoms with Gasteiger partial charge in [-0.05, 0) is 38.0 Å². The van der Waals surface area contributed by atoms with Crippen LogP contribution in [0.5, 0.6) is 0 Å². The van der Waals surface area contributed by atoms with Gasteiger partial charge in [-0.15, -0.1) is 0 Å². The Labute approximate surface area is 146 Å². The smallest absolute Gasteiger partial charge is 0.223 e. The van der Waals surface area contributed by atoms with E-state index in [1.165, 1.54) is 25.7 Å². The van der Waals surface area contributed by atoms with E-state index in [9.17, 15) is 14.7 Å². The standard InChI is InChI=1S/C19H34N2O3/c22-14-12-17(15-7-3-1-4-8-15)21-18(23)11-13-20-19(24)16-9-5-2-6-10-16/h15-17,22H,1-14H2,(H,20,24)(H,21,23). The second kappa shape index (κ2) is 10.7. The van der Waals surface area contributed by atoms with Crippen LogP contribution in [0.1, 0.15) is 77.0 Å². The summed E-state index contributed by atoms with van der Waals surface area (Å²) in [4.78, 5) is 24.3. The number of amides is 2. The Kier molecular flexibility index (Phi) is 8.57. The lowest BCUT2D eigenvalue weighted by atomic mass is 9.82. The molecule has 0 bridgehead atoms. The van der Waals surface area contributed by atoms with Crippen LogP contribution in [0.3, 0.4) is 0 Å². The average Bonchev–Trinajstić information content (AvgIpc) is 2.63. The molecule has 5 heteroatoms. The van der Waals surface area contributed by atoms with Crippen molar-refractivity contribution in [3.8, 4) is 0 Å². The Morgan fingerprint density at radius 3 is 2.21 bits per heavy atom. The molecule has 138 valence electrons. The largest absolute Gasteiger partial charge is 0.396 e. The Bertz CT molecular complexity index is 388. The summed E-state index contributed by atoms with van der Waals surface area (Å²) in [5, 5.41) is 15.3. The molecule has 2 aliphatic rings. The van der Waals surface area contributed by atoms with E-state index in [4.69, 9.17) is 0 Å². The second-order valence-corrected chi connectivity index (χ2v) is 7.46. The summed E-state index contributed by atoms with van der Waals surface area (Å²) in [6.45, 7) is 0.525. The van der Waals surface area contributed by atoms with Gasteiger partial charge in [0, 0.05) is 31.5 Å². The van der Waals surface area contributed by atoms with Crippen molar-refractivity contribution >= 4 is 11.8 Å². The quantitative estimate of drug-likeness (QED) is 0.636. The van der Waals surface area contributed by atoms with Gasteiger partial charge in [-0.1, -0.05) is 38.5 Å². The minimum atomic E-state index is -0.0111. The number of aliphatic hydroxyl groups excluding tert-OH is 1. The van der Waals surface area contributed by atoms with Gasteiger partial charge in [-0.3, -0.25) is 9.59 Å². The number of carbonyl (C=O) groups excluding carboxylic acids is 2. The molecule has 0 aromatic rings. The van der Waals surface area contributed by atoms with E-state index in [-0.39, 0.29) is 30.4 Å². The van der Waals surface area contributed by atoms with Crippen LogP contribution in [-0.4, -0.2) is 36.1 Å². The highest BCUT2D eigenvalue weighted by Crippen LogP contribution is 2.27. The Morgan fingerprint density at radius 2 is 1.58 bits per heavy atom. The minimum Gasteiger partial charge on any atom is -0.396 e. The maximum atomic E-state index is 12.2. The number of carbonyl (C=O) groups is 2. The van der Waals surface area contributed by atoms with E-state index in [1.807, 2.05) is 0 Å². The van der Waals surface area contributed by atoms with E-state index >= 15 is 0 Å². The zero-order valence-electron chi connectivity index (χ0n) is 14.9. The van der Waals surface area contributed by atoms with Crippen LogP contribution in [-0.2, 0) is 9.59 Å². The first-order valence-corrected chi connectivity index (χ1v) is 9.88. The summed E-state index contributed by atoms with van der Waals surface area (Å²) in [5.41, 5.74) is 0. The van der Waals surface area contributed by atoms with Gasteiger partial charge in [0.2, 0.25) is 11.8 Å². The van der Waals surface area contributed by atoms with Crippen LogP contribution in [0.4, 0.5) is 0 Å². The number of rotatable bonds is 8. The first-order chi connectivity index (χ1) is 11.7. The van der Waals surface area contributed by atoms with Crippen molar-refractivity contribution in [2.75, 3.05) is 13.2 Å². The van der Waals surface area contributed by atoms with E-state index in [0.717, 1.165) is 38.5 Å². The summed E-state index contributed by atoms with van der Waals surface area (Å²) >= 11 is 0. The minimum absolute atomic E-state index is 0.0111. The van der Waals surface area contributed by atoms with E-state index in [0.29, 0.717) is 25.3 Å². The highest BCUT2D eigenvalue weighted by atomic mass is 16.3. The summed E-state index contributed by atoms with van der Waals surface area (Å²) in [6, 6.07) is 0.0804. The number of hydrogen-bond acceptors (Lipinski definition) is 3. The molecular weight excluding hydrogens is 304 g/mol. The summed E-state index contributed by atoms with van der Waals surface area (Å²) in [5.74, 6) is 0.738. The lowest BCUT2D eigenvalue weighted by molar-refractivity contribution is -0.126. The predicted molar refractivity (Wildman–Crippen MR) is 94.4 cm³/mol. The highest BCUT2D eigenvalue weighted by Gasteiger charge is 2.25. The van der Waals surface area contributed by atoms with Crippen molar-refractivity contribution in [1.82, 2.24) is 10.6 Å². The van der Waals surface area contributed by atoms with E-state index < -0.39 is 0 Å². The Morgan fingerprint density at radius 1 is 0.958 bits per heavy atom. The lowest BCUT2D eigenvalue weighted by Crippen LogP contribution is -2.43. The molecule has 0 heterocycles. The zero-order chi connectivity index (χ0) is 17.2. The molecular formula is C19H34N2O3. The fourth-order valence-corrected chi connectivity index (χ4v) is 4.19. The fraction of sp³-hybridized carbons (Fsp3) is 0.895. The van der Waals surface area contributed by atoms with Gasteiger partial charge in [-0.2, -0.15) is 0 Å². The number of hydrogen-bond donors (Lipinski definition) is 3. The topological polar surface area (TPSA) is 78.4 Å². The maximum Gasteiger partial charge on any atom is 0.223 e. The Hall–Kier alpha value is -1.10.